The van der Waals surface area contributed by atoms with Gasteiger partial charge in [0.2, 0.25) is 0 Å². The van der Waals surface area contributed by atoms with Crippen LogP contribution in [0, 0.1) is 5.92 Å². The number of nitrogens with zero attached hydrogens (tertiary/aromatic N) is 2. The summed E-state index contributed by atoms with van der Waals surface area (Å²) in [7, 11) is 0. The average molecular weight is 527 g/mol. The lowest BCUT2D eigenvalue weighted by Gasteiger charge is -2.08. The molecule has 1 aromatic heterocycles. The van der Waals surface area contributed by atoms with E-state index in [4.69, 9.17) is 4.74 Å². The van der Waals surface area contributed by atoms with E-state index in [1.54, 1.807) is 12.4 Å². The lowest BCUT2D eigenvalue weighted by Crippen LogP contribution is -2.08. The molecule has 39 heavy (non-hydrogen) atoms. The first-order chi connectivity index (χ1) is 19.2. The molecule has 4 heteroatoms. The van der Waals surface area contributed by atoms with Crippen molar-refractivity contribution in [2.45, 2.75) is 110 Å². The van der Waals surface area contributed by atoms with E-state index in [-0.39, 0.29) is 5.97 Å². The minimum atomic E-state index is -0.200. The number of aryl methyl sites for hydroxylation is 1. The number of rotatable bonds is 16. The van der Waals surface area contributed by atoms with Crippen LogP contribution >= 0.6 is 0 Å². The minimum absolute atomic E-state index is 0.200. The molecule has 0 atom stereocenters. The van der Waals surface area contributed by atoms with E-state index in [9.17, 15) is 4.79 Å². The van der Waals surface area contributed by atoms with Gasteiger partial charge in [0.05, 0.1) is 12.4 Å². The summed E-state index contributed by atoms with van der Waals surface area (Å²) in [4.78, 5) is 21.1. The number of aromatic nitrogens is 2. The highest BCUT2D eigenvalue weighted by molar-refractivity contribution is 5.72. The Morgan fingerprint density at radius 1 is 0.744 bits per heavy atom. The lowest BCUT2D eigenvalue weighted by molar-refractivity contribution is -0.134. The molecule has 4 nitrogen and oxygen atoms in total. The molecular weight excluding hydrogens is 480 g/mol. The molecule has 0 amide bonds. The van der Waals surface area contributed by atoms with Crippen molar-refractivity contribution < 1.29 is 9.53 Å². The summed E-state index contributed by atoms with van der Waals surface area (Å²) in [6, 6.07) is 17.2. The van der Waals surface area contributed by atoms with Gasteiger partial charge in [0.25, 0.3) is 0 Å². The highest BCUT2D eigenvalue weighted by Crippen LogP contribution is 2.29. The van der Waals surface area contributed by atoms with Gasteiger partial charge in [-0.2, -0.15) is 0 Å². The molecule has 0 saturated heterocycles. The number of unbranched alkanes of at least 4 members (excludes halogenated alkanes) is 7. The van der Waals surface area contributed by atoms with Crippen molar-refractivity contribution in [2.75, 3.05) is 0 Å². The third-order valence-corrected chi connectivity index (χ3v) is 8.08. The predicted octanol–water partition coefficient (Wildman–Crippen LogP) is 9.76. The Hall–Kier alpha value is -3.01. The molecule has 1 fully saturated rings. The van der Waals surface area contributed by atoms with E-state index in [0.29, 0.717) is 18.0 Å². The van der Waals surface area contributed by atoms with Crippen molar-refractivity contribution in [2.24, 2.45) is 5.92 Å². The molecular formula is C35H46N2O2. The van der Waals surface area contributed by atoms with Crippen LogP contribution in [0.25, 0.3) is 22.5 Å². The number of hydrogen-bond donors (Lipinski definition) is 0. The molecule has 1 saturated carbocycles. The first-order valence-corrected chi connectivity index (χ1v) is 15.4. The van der Waals surface area contributed by atoms with Crippen molar-refractivity contribution in [1.82, 2.24) is 9.97 Å². The minimum Gasteiger partial charge on any atom is -0.423 e. The molecule has 0 aliphatic heterocycles. The van der Waals surface area contributed by atoms with Gasteiger partial charge >= 0.3 is 5.97 Å². The number of carbonyl (C=O) groups is 1. The molecule has 0 N–H and O–H groups in total. The summed E-state index contributed by atoms with van der Waals surface area (Å²) >= 11 is 0. The smallest absolute Gasteiger partial charge is 0.311 e. The highest BCUT2D eigenvalue weighted by Gasteiger charge is 2.14. The topological polar surface area (TPSA) is 52.1 Å². The molecule has 0 radical (unpaired) electrons. The average Bonchev–Trinajstić information content (AvgIpc) is 3.49. The summed E-state index contributed by atoms with van der Waals surface area (Å²) in [6.45, 7) is 2.25. The quantitative estimate of drug-likeness (QED) is 0.138. The van der Waals surface area contributed by atoms with Crippen LogP contribution in [0.5, 0.6) is 5.75 Å². The van der Waals surface area contributed by atoms with E-state index in [1.807, 2.05) is 12.1 Å². The van der Waals surface area contributed by atoms with Crippen LogP contribution in [0.15, 0.2) is 60.9 Å². The summed E-state index contributed by atoms with van der Waals surface area (Å²) in [5, 5.41) is 0. The van der Waals surface area contributed by atoms with Crippen LogP contribution in [-0.2, 0) is 11.2 Å². The Balaban J connectivity index is 1.16. The van der Waals surface area contributed by atoms with Gasteiger partial charge in [-0.25, -0.2) is 9.97 Å². The van der Waals surface area contributed by atoms with Crippen molar-refractivity contribution in [3.8, 4) is 28.3 Å². The second kappa shape index (κ2) is 16.2. The van der Waals surface area contributed by atoms with Gasteiger partial charge in [-0.05, 0) is 41.9 Å². The molecule has 1 aliphatic carbocycles. The highest BCUT2D eigenvalue weighted by atomic mass is 16.5. The number of hydrogen-bond acceptors (Lipinski definition) is 4. The fourth-order valence-electron chi connectivity index (χ4n) is 5.66. The van der Waals surface area contributed by atoms with Gasteiger partial charge in [-0.1, -0.05) is 133 Å². The molecule has 3 aromatic rings. The molecule has 2 aromatic carbocycles. The van der Waals surface area contributed by atoms with Crippen LogP contribution in [0.2, 0.25) is 0 Å². The molecule has 0 spiro atoms. The van der Waals surface area contributed by atoms with Crippen molar-refractivity contribution in [1.29, 1.82) is 0 Å². The third-order valence-electron chi connectivity index (χ3n) is 8.08. The maximum Gasteiger partial charge on any atom is 0.311 e. The van der Waals surface area contributed by atoms with Gasteiger partial charge in [-0.3, -0.25) is 4.79 Å². The SMILES string of the molecule is CCCCCCc1ccc(-c2ccc(-c3ncc(OC(=O)CCCCCCCC4CCCC4)cn3)cc2)cc1. The second-order valence-corrected chi connectivity index (χ2v) is 11.3. The Labute approximate surface area is 235 Å². The third kappa shape index (κ3) is 9.91. The Morgan fingerprint density at radius 2 is 1.33 bits per heavy atom. The van der Waals surface area contributed by atoms with Gasteiger partial charge in [0.1, 0.15) is 0 Å². The molecule has 4 rings (SSSR count). The fraction of sp³-hybridized carbons (Fsp3) is 0.514. The predicted molar refractivity (Wildman–Crippen MR) is 161 cm³/mol. The van der Waals surface area contributed by atoms with Crippen molar-refractivity contribution in [3.05, 3.63) is 66.5 Å². The van der Waals surface area contributed by atoms with Gasteiger partial charge in [0.15, 0.2) is 11.6 Å². The van der Waals surface area contributed by atoms with Crippen LogP contribution in [0.4, 0.5) is 0 Å². The van der Waals surface area contributed by atoms with Crippen LogP contribution < -0.4 is 4.74 Å². The molecule has 0 unspecified atom stereocenters. The molecule has 0 bridgehead atoms. The maximum atomic E-state index is 12.2. The summed E-state index contributed by atoms with van der Waals surface area (Å²) in [5.74, 6) is 1.82. The maximum absolute atomic E-state index is 12.2. The summed E-state index contributed by atoms with van der Waals surface area (Å²) < 4.78 is 5.46. The molecule has 1 aliphatic rings. The monoisotopic (exact) mass is 526 g/mol. The summed E-state index contributed by atoms with van der Waals surface area (Å²) in [6.07, 6.45) is 22.9. The zero-order chi connectivity index (χ0) is 27.1. The van der Waals surface area contributed by atoms with Gasteiger partial charge in [0, 0.05) is 12.0 Å². The van der Waals surface area contributed by atoms with Crippen molar-refractivity contribution in [3.63, 3.8) is 0 Å². The zero-order valence-electron chi connectivity index (χ0n) is 23.9. The van der Waals surface area contributed by atoms with Crippen LogP contribution in [-0.4, -0.2) is 15.9 Å². The van der Waals surface area contributed by atoms with Crippen LogP contribution in [0.1, 0.15) is 109 Å². The number of carbonyl (C=O) groups excluding carboxylic acids is 1. The van der Waals surface area contributed by atoms with E-state index in [0.717, 1.165) is 30.7 Å². The summed E-state index contributed by atoms with van der Waals surface area (Å²) in [5.41, 5.74) is 4.74. The Morgan fingerprint density at radius 3 is 2.03 bits per heavy atom. The van der Waals surface area contributed by atoms with Gasteiger partial charge in [-0.15, -0.1) is 0 Å². The van der Waals surface area contributed by atoms with E-state index < -0.39 is 0 Å². The fourth-order valence-corrected chi connectivity index (χ4v) is 5.66. The normalized spacial score (nSPS) is 13.6. The van der Waals surface area contributed by atoms with Crippen LogP contribution in [0.3, 0.4) is 0 Å². The number of benzene rings is 2. The molecule has 1 heterocycles. The first-order valence-electron chi connectivity index (χ1n) is 15.4. The first kappa shape index (κ1) is 29.0. The van der Waals surface area contributed by atoms with E-state index in [1.165, 1.54) is 93.7 Å². The number of esters is 1. The van der Waals surface area contributed by atoms with Crippen molar-refractivity contribution >= 4 is 5.97 Å². The van der Waals surface area contributed by atoms with Gasteiger partial charge < -0.3 is 4.74 Å². The molecule has 208 valence electrons. The Kier molecular flexibility index (Phi) is 12.0. The largest absolute Gasteiger partial charge is 0.423 e. The second-order valence-electron chi connectivity index (χ2n) is 11.3. The zero-order valence-corrected chi connectivity index (χ0v) is 23.9. The Bertz CT molecular complexity index is 1100. The van der Waals surface area contributed by atoms with E-state index >= 15 is 0 Å². The van der Waals surface area contributed by atoms with E-state index in [2.05, 4.69) is 53.3 Å². The number of ether oxygens (including phenoxy) is 1. The standard InChI is InChI=1S/C35H46N2O2/c1-2-3-4-8-14-29-18-20-30(21-19-29)31-22-24-32(25-23-31)35-36-26-33(27-37-35)39-34(38)17-10-7-5-6-9-13-28-15-11-12-16-28/h18-28H,2-17H2,1H3. The lowest BCUT2D eigenvalue weighted by atomic mass is 9.99.